The van der Waals surface area contributed by atoms with E-state index in [9.17, 15) is 0 Å². The normalized spacial score (nSPS) is 57.0. The van der Waals surface area contributed by atoms with Crippen LogP contribution in [0.25, 0.3) is 0 Å². The Hall–Kier alpha value is -0.0400. The van der Waals surface area contributed by atoms with Crippen molar-refractivity contribution >= 4 is 0 Å². The Morgan fingerprint density at radius 3 is 2.57 bits per heavy atom. The molecule has 0 aromatic heterocycles. The molecule has 1 aliphatic heterocycles. The maximum absolute atomic E-state index is 3.42. The lowest BCUT2D eigenvalue weighted by atomic mass is 10.2. The van der Waals surface area contributed by atoms with Crippen LogP contribution >= 0.6 is 0 Å². The summed E-state index contributed by atoms with van der Waals surface area (Å²) in [7, 11) is 0. The topological polar surface area (TPSA) is 12.0 Å². The molecular formula is C6H11N. The zero-order valence-corrected chi connectivity index (χ0v) is 4.65. The number of rotatable bonds is 0. The van der Waals surface area contributed by atoms with Crippen molar-refractivity contribution in [1.29, 1.82) is 0 Å². The molecule has 1 heterocycles. The first-order valence-corrected chi connectivity index (χ1v) is 3.11. The van der Waals surface area contributed by atoms with Gasteiger partial charge in [0.05, 0.1) is 0 Å². The Morgan fingerprint density at radius 2 is 2.43 bits per heavy atom. The highest BCUT2D eigenvalue weighted by atomic mass is 15.0. The smallest absolute Gasteiger partial charge is 0.00703 e. The fourth-order valence-corrected chi connectivity index (χ4v) is 1.61. The van der Waals surface area contributed by atoms with Crippen molar-refractivity contribution in [2.24, 2.45) is 11.8 Å². The minimum Gasteiger partial charge on any atom is -0.314 e. The summed E-state index contributed by atoms with van der Waals surface area (Å²) in [5.41, 5.74) is 0. The maximum atomic E-state index is 3.42. The van der Waals surface area contributed by atoms with Gasteiger partial charge in [-0.2, -0.15) is 0 Å². The van der Waals surface area contributed by atoms with Crippen molar-refractivity contribution < 1.29 is 0 Å². The molecule has 0 amide bonds. The molecule has 0 spiro atoms. The molecule has 2 rings (SSSR count). The lowest BCUT2D eigenvalue weighted by Crippen LogP contribution is -2.21. The van der Waals surface area contributed by atoms with Gasteiger partial charge in [0, 0.05) is 6.04 Å². The molecule has 0 radical (unpaired) electrons. The van der Waals surface area contributed by atoms with E-state index in [0.717, 1.165) is 17.9 Å². The highest BCUT2D eigenvalue weighted by Crippen LogP contribution is 2.44. The lowest BCUT2D eigenvalue weighted by molar-refractivity contribution is 0.579. The lowest BCUT2D eigenvalue weighted by Gasteiger charge is -2.01. The van der Waals surface area contributed by atoms with Gasteiger partial charge in [-0.3, -0.25) is 0 Å². The number of hydrogen-bond acceptors (Lipinski definition) is 1. The first kappa shape index (κ1) is 3.90. The molecule has 3 atom stereocenters. The zero-order chi connectivity index (χ0) is 4.85. The SMILES string of the molecule is CC1NCC2CC21. The second-order valence-electron chi connectivity index (χ2n) is 2.86. The second-order valence-corrected chi connectivity index (χ2v) is 2.86. The minimum absolute atomic E-state index is 0.838. The van der Waals surface area contributed by atoms with Gasteiger partial charge in [0.2, 0.25) is 0 Å². The molecule has 1 saturated heterocycles. The summed E-state index contributed by atoms with van der Waals surface area (Å²) in [6.45, 7) is 3.59. The van der Waals surface area contributed by atoms with E-state index in [4.69, 9.17) is 0 Å². The van der Waals surface area contributed by atoms with Gasteiger partial charge in [-0.25, -0.2) is 0 Å². The molecule has 2 fully saturated rings. The van der Waals surface area contributed by atoms with Crippen LogP contribution in [0, 0.1) is 11.8 Å². The van der Waals surface area contributed by atoms with Crippen LogP contribution in [0.1, 0.15) is 13.3 Å². The maximum Gasteiger partial charge on any atom is 0.00703 e. The summed E-state index contributed by atoms with van der Waals surface area (Å²) in [6.07, 6.45) is 1.51. The molecule has 0 aromatic rings. The van der Waals surface area contributed by atoms with E-state index < -0.39 is 0 Å². The highest BCUT2D eigenvalue weighted by Gasteiger charge is 2.45. The van der Waals surface area contributed by atoms with Gasteiger partial charge in [-0.1, -0.05) is 0 Å². The predicted molar refractivity (Wildman–Crippen MR) is 29.1 cm³/mol. The van der Waals surface area contributed by atoms with Gasteiger partial charge in [-0.05, 0) is 31.7 Å². The van der Waals surface area contributed by atoms with Crippen molar-refractivity contribution in [3.63, 3.8) is 0 Å². The molecule has 1 N–H and O–H groups in total. The van der Waals surface area contributed by atoms with E-state index in [2.05, 4.69) is 12.2 Å². The van der Waals surface area contributed by atoms with Gasteiger partial charge < -0.3 is 5.32 Å². The van der Waals surface area contributed by atoms with Crippen molar-refractivity contribution in [3.05, 3.63) is 0 Å². The van der Waals surface area contributed by atoms with Crippen LogP contribution in [0.15, 0.2) is 0 Å². The summed E-state index contributed by atoms with van der Waals surface area (Å²) >= 11 is 0. The average molecular weight is 97.2 g/mol. The van der Waals surface area contributed by atoms with Crippen LogP contribution in [0.5, 0.6) is 0 Å². The molecule has 1 heteroatoms. The fourth-order valence-electron chi connectivity index (χ4n) is 1.61. The average Bonchev–Trinajstić information content (AvgIpc) is 2.33. The summed E-state index contributed by atoms with van der Waals surface area (Å²) in [5.74, 6) is 2.15. The van der Waals surface area contributed by atoms with E-state index >= 15 is 0 Å². The highest BCUT2D eigenvalue weighted by molar-refractivity contribution is 5.00. The van der Waals surface area contributed by atoms with E-state index in [1.54, 1.807) is 0 Å². The third kappa shape index (κ3) is 0.418. The Labute approximate surface area is 44.1 Å². The summed E-state index contributed by atoms with van der Waals surface area (Å²) in [4.78, 5) is 0. The van der Waals surface area contributed by atoms with E-state index in [-0.39, 0.29) is 0 Å². The molecule has 3 unspecified atom stereocenters. The fraction of sp³-hybridized carbons (Fsp3) is 1.00. The van der Waals surface area contributed by atoms with Crippen LogP contribution in [0.2, 0.25) is 0 Å². The third-order valence-corrected chi connectivity index (χ3v) is 2.32. The zero-order valence-electron chi connectivity index (χ0n) is 4.65. The van der Waals surface area contributed by atoms with Crippen LogP contribution in [-0.4, -0.2) is 12.6 Å². The minimum atomic E-state index is 0.838. The number of hydrogen-bond donors (Lipinski definition) is 1. The second kappa shape index (κ2) is 1.03. The molecule has 2 aliphatic rings. The Morgan fingerprint density at radius 1 is 1.57 bits per heavy atom. The Kier molecular flexibility index (Phi) is 0.571. The number of piperidine rings is 1. The first-order chi connectivity index (χ1) is 3.38. The van der Waals surface area contributed by atoms with Gasteiger partial charge >= 0.3 is 0 Å². The van der Waals surface area contributed by atoms with Crippen molar-refractivity contribution in [2.75, 3.05) is 6.54 Å². The monoisotopic (exact) mass is 97.1 g/mol. The Balaban J connectivity index is 2.08. The predicted octanol–water partition coefficient (Wildman–Crippen LogP) is 0.614. The van der Waals surface area contributed by atoms with Crippen LogP contribution in [0.3, 0.4) is 0 Å². The Bertz CT molecular complexity index is 90.2. The van der Waals surface area contributed by atoms with Crippen LogP contribution < -0.4 is 5.32 Å². The summed E-state index contributed by atoms with van der Waals surface area (Å²) in [5, 5.41) is 3.42. The number of fused-ring (bicyclic) bond motifs is 1. The number of nitrogens with one attached hydrogen (secondary N) is 1. The molecule has 0 aromatic carbocycles. The molecule has 1 saturated carbocycles. The van der Waals surface area contributed by atoms with Gasteiger partial charge in [0.15, 0.2) is 0 Å². The van der Waals surface area contributed by atoms with E-state index in [1.807, 2.05) is 0 Å². The quantitative estimate of drug-likeness (QED) is 0.467. The standard InChI is InChI=1S/C6H11N/c1-4-6-2-5(6)3-7-4/h4-7H,2-3H2,1H3. The summed E-state index contributed by atoms with van der Waals surface area (Å²) in [6, 6.07) is 0.838. The van der Waals surface area contributed by atoms with Crippen LogP contribution in [-0.2, 0) is 0 Å². The van der Waals surface area contributed by atoms with Crippen molar-refractivity contribution in [2.45, 2.75) is 19.4 Å². The van der Waals surface area contributed by atoms with Crippen molar-refractivity contribution in [3.8, 4) is 0 Å². The third-order valence-electron chi connectivity index (χ3n) is 2.32. The first-order valence-electron chi connectivity index (χ1n) is 3.11. The molecule has 0 bridgehead atoms. The summed E-state index contributed by atoms with van der Waals surface area (Å²) < 4.78 is 0. The molecule has 1 nitrogen and oxygen atoms in total. The van der Waals surface area contributed by atoms with Crippen molar-refractivity contribution in [1.82, 2.24) is 5.32 Å². The van der Waals surface area contributed by atoms with Gasteiger partial charge in [-0.15, -0.1) is 0 Å². The van der Waals surface area contributed by atoms with E-state index in [1.165, 1.54) is 13.0 Å². The van der Waals surface area contributed by atoms with Crippen LogP contribution in [0.4, 0.5) is 0 Å². The molecular weight excluding hydrogens is 86.1 g/mol. The largest absolute Gasteiger partial charge is 0.314 e. The van der Waals surface area contributed by atoms with Gasteiger partial charge in [0.25, 0.3) is 0 Å². The van der Waals surface area contributed by atoms with Gasteiger partial charge in [0.1, 0.15) is 0 Å². The molecule has 40 valence electrons. The van der Waals surface area contributed by atoms with E-state index in [0.29, 0.717) is 0 Å². The molecule has 1 aliphatic carbocycles. The molecule has 7 heavy (non-hydrogen) atoms.